The normalized spacial score (nSPS) is 13.9. The maximum absolute atomic E-state index is 13.7. The summed E-state index contributed by atoms with van der Waals surface area (Å²) in [4.78, 5) is 38.6. The molecule has 214 valence electrons. The molecule has 2 aromatic heterocycles. The highest BCUT2D eigenvalue weighted by Gasteiger charge is 2.25. The molecule has 10 heteroatoms. The minimum Gasteiger partial charge on any atom is -0.466 e. The van der Waals surface area contributed by atoms with Gasteiger partial charge in [-0.25, -0.2) is 19.0 Å². The zero-order valence-corrected chi connectivity index (χ0v) is 23.8. The van der Waals surface area contributed by atoms with Crippen LogP contribution in [-0.4, -0.2) is 69.3 Å². The van der Waals surface area contributed by atoms with Crippen LogP contribution < -0.4 is 4.90 Å². The van der Waals surface area contributed by atoms with E-state index in [1.807, 2.05) is 11.8 Å². The van der Waals surface area contributed by atoms with Crippen LogP contribution >= 0.6 is 0 Å². The van der Waals surface area contributed by atoms with Gasteiger partial charge >= 0.3 is 5.97 Å². The average molecular weight is 559 g/mol. The number of ether oxygens (including phenoxy) is 1. The molecule has 1 amide bonds. The van der Waals surface area contributed by atoms with Crippen molar-refractivity contribution in [3.05, 3.63) is 77.0 Å². The number of esters is 1. The standard InChI is InChI=1S/C31H35FN6O3/c1-4-41-28(40)15-14-27(39)36-16-5-17-37(19-18-36)30-29-22(3)35-38(25-12-10-24(32)11-13-25)31(29)34-26(33-30)20-23-8-6-21(2)7-9-23/h6-13H,4-5,14-20H2,1-3H3. The number of aryl methyl sites for hydroxylation is 2. The van der Waals surface area contributed by atoms with Crippen molar-refractivity contribution < 1.29 is 18.7 Å². The van der Waals surface area contributed by atoms with E-state index in [-0.39, 0.29) is 30.5 Å². The van der Waals surface area contributed by atoms with Crippen LogP contribution in [0.15, 0.2) is 48.5 Å². The van der Waals surface area contributed by atoms with Gasteiger partial charge in [0.05, 0.1) is 29.8 Å². The summed E-state index contributed by atoms with van der Waals surface area (Å²) in [7, 11) is 0. The molecule has 2 aromatic carbocycles. The zero-order valence-electron chi connectivity index (χ0n) is 23.8. The van der Waals surface area contributed by atoms with E-state index < -0.39 is 0 Å². The van der Waals surface area contributed by atoms with Crippen LogP contribution in [0.5, 0.6) is 0 Å². The molecule has 1 aliphatic heterocycles. The molecule has 4 aromatic rings. The third kappa shape index (κ3) is 6.53. The Kier molecular flexibility index (Phi) is 8.56. The maximum atomic E-state index is 13.7. The third-order valence-electron chi connectivity index (χ3n) is 7.28. The summed E-state index contributed by atoms with van der Waals surface area (Å²) in [6.07, 6.45) is 1.53. The number of hydrogen-bond donors (Lipinski definition) is 0. The summed E-state index contributed by atoms with van der Waals surface area (Å²) in [5, 5.41) is 5.62. The van der Waals surface area contributed by atoms with Crippen molar-refractivity contribution >= 4 is 28.7 Å². The van der Waals surface area contributed by atoms with Gasteiger partial charge in [-0.1, -0.05) is 29.8 Å². The lowest BCUT2D eigenvalue weighted by Gasteiger charge is -2.24. The van der Waals surface area contributed by atoms with Gasteiger partial charge in [0, 0.05) is 39.0 Å². The molecule has 0 N–H and O–H groups in total. The molecule has 0 aliphatic carbocycles. The molecule has 0 unspecified atom stereocenters. The quantitative estimate of drug-likeness (QED) is 0.293. The first-order valence-electron chi connectivity index (χ1n) is 14.1. The Hall–Kier alpha value is -4.34. The first kappa shape index (κ1) is 28.2. The summed E-state index contributed by atoms with van der Waals surface area (Å²) >= 11 is 0. The predicted octanol–water partition coefficient (Wildman–Crippen LogP) is 4.54. The van der Waals surface area contributed by atoms with Crippen molar-refractivity contribution in [2.24, 2.45) is 0 Å². The summed E-state index contributed by atoms with van der Waals surface area (Å²) in [5.74, 6) is 0.724. The summed E-state index contributed by atoms with van der Waals surface area (Å²) < 4.78 is 20.4. The van der Waals surface area contributed by atoms with Gasteiger partial charge in [-0.15, -0.1) is 0 Å². The number of nitrogens with zero attached hydrogens (tertiary/aromatic N) is 6. The fraction of sp³-hybridized carbons (Fsp3) is 0.387. The van der Waals surface area contributed by atoms with E-state index in [0.29, 0.717) is 56.4 Å². The van der Waals surface area contributed by atoms with E-state index in [9.17, 15) is 14.0 Å². The van der Waals surface area contributed by atoms with E-state index in [0.717, 1.165) is 28.9 Å². The summed E-state index contributed by atoms with van der Waals surface area (Å²) in [6.45, 7) is 8.46. The molecule has 0 radical (unpaired) electrons. The lowest BCUT2D eigenvalue weighted by Crippen LogP contribution is -2.35. The van der Waals surface area contributed by atoms with Gasteiger partial charge < -0.3 is 14.5 Å². The Morgan fingerprint density at radius 3 is 2.41 bits per heavy atom. The number of rotatable bonds is 8. The molecule has 1 fully saturated rings. The smallest absolute Gasteiger partial charge is 0.306 e. The zero-order chi connectivity index (χ0) is 28.9. The number of carbonyl (C=O) groups excluding carboxylic acids is 2. The highest BCUT2D eigenvalue weighted by atomic mass is 19.1. The first-order chi connectivity index (χ1) is 19.8. The average Bonchev–Trinajstić information content (AvgIpc) is 3.12. The number of benzene rings is 2. The number of aromatic nitrogens is 4. The molecule has 1 aliphatic rings. The fourth-order valence-corrected chi connectivity index (χ4v) is 5.14. The van der Waals surface area contributed by atoms with Crippen molar-refractivity contribution in [1.82, 2.24) is 24.6 Å². The van der Waals surface area contributed by atoms with Crippen LogP contribution in [-0.2, 0) is 20.7 Å². The summed E-state index contributed by atoms with van der Waals surface area (Å²) in [6, 6.07) is 14.5. The molecule has 0 atom stereocenters. The Balaban J connectivity index is 1.47. The van der Waals surface area contributed by atoms with Crippen LogP contribution in [0.1, 0.15) is 48.8 Å². The van der Waals surface area contributed by atoms with E-state index in [1.165, 1.54) is 17.7 Å². The monoisotopic (exact) mass is 558 g/mol. The van der Waals surface area contributed by atoms with Gasteiger partial charge in [-0.2, -0.15) is 5.10 Å². The highest BCUT2D eigenvalue weighted by Crippen LogP contribution is 2.30. The molecule has 5 rings (SSSR count). The SMILES string of the molecule is CCOC(=O)CCC(=O)N1CCCN(c2nc(Cc3ccc(C)cc3)nc3c2c(C)nn3-c2ccc(F)cc2)CC1. The van der Waals surface area contributed by atoms with Gasteiger partial charge in [0.25, 0.3) is 0 Å². The fourth-order valence-electron chi connectivity index (χ4n) is 5.14. The number of halogens is 1. The van der Waals surface area contributed by atoms with Crippen molar-refractivity contribution in [3.8, 4) is 5.69 Å². The molecule has 0 saturated carbocycles. The minimum absolute atomic E-state index is 0.0480. The lowest BCUT2D eigenvalue weighted by molar-refractivity contribution is -0.145. The van der Waals surface area contributed by atoms with Gasteiger partial charge in [0.2, 0.25) is 5.91 Å². The molecule has 0 bridgehead atoms. The molecule has 0 spiro atoms. The van der Waals surface area contributed by atoms with Crippen molar-refractivity contribution in [3.63, 3.8) is 0 Å². The maximum Gasteiger partial charge on any atom is 0.306 e. The predicted molar refractivity (Wildman–Crippen MR) is 155 cm³/mol. The number of hydrogen-bond acceptors (Lipinski definition) is 7. The van der Waals surface area contributed by atoms with Gasteiger partial charge in [0.1, 0.15) is 17.5 Å². The summed E-state index contributed by atoms with van der Waals surface area (Å²) in [5.41, 5.74) is 4.42. The number of carbonyl (C=O) groups is 2. The third-order valence-corrected chi connectivity index (χ3v) is 7.28. The van der Waals surface area contributed by atoms with Crippen LogP contribution in [0.2, 0.25) is 0 Å². The molecule has 3 heterocycles. The Morgan fingerprint density at radius 2 is 1.68 bits per heavy atom. The van der Waals surface area contributed by atoms with E-state index >= 15 is 0 Å². The Morgan fingerprint density at radius 1 is 0.927 bits per heavy atom. The van der Waals surface area contributed by atoms with Crippen LogP contribution in [0.3, 0.4) is 0 Å². The van der Waals surface area contributed by atoms with Crippen molar-refractivity contribution in [1.29, 1.82) is 0 Å². The van der Waals surface area contributed by atoms with Crippen molar-refractivity contribution in [2.75, 3.05) is 37.7 Å². The second-order valence-corrected chi connectivity index (χ2v) is 10.3. The Bertz CT molecular complexity index is 1530. The van der Waals surface area contributed by atoms with Crippen LogP contribution in [0, 0.1) is 19.7 Å². The minimum atomic E-state index is -0.351. The highest BCUT2D eigenvalue weighted by molar-refractivity contribution is 5.91. The van der Waals surface area contributed by atoms with Crippen LogP contribution in [0.25, 0.3) is 16.7 Å². The Labute approximate surface area is 238 Å². The van der Waals surface area contributed by atoms with E-state index in [1.54, 1.807) is 23.7 Å². The molecule has 41 heavy (non-hydrogen) atoms. The van der Waals surface area contributed by atoms with Gasteiger partial charge in [-0.3, -0.25) is 9.59 Å². The van der Waals surface area contributed by atoms with Crippen molar-refractivity contribution in [2.45, 2.75) is 46.5 Å². The first-order valence-corrected chi connectivity index (χ1v) is 14.1. The van der Waals surface area contributed by atoms with E-state index in [2.05, 4.69) is 36.1 Å². The molecular formula is C31H35FN6O3. The van der Waals surface area contributed by atoms with E-state index in [4.69, 9.17) is 19.8 Å². The lowest BCUT2D eigenvalue weighted by atomic mass is 10.1. The van der Waals surface area contributed by atoms with Gasteiger partial charge in [0.15, 0.2) is 5.65 Å². The molecule has 1 saturated heterocycles. The topological polar surface area (TPSA) is 93.5 Å². The second kappa shape index (κ2) is 12.4. The number of amides is 1. The number of anilines is 1. The second-order valence-electron chi connectivity index (χ2n) is 10.3. The van der Waals surface area contributed by atoms with Crippen LogP contribution in [0.4, 0.5) is 10.2 Å². The molecule has 9 nitrogen and oxygen atoms in total. The number of fused-ring (bicyclic) bond motifs is 1. The van der Waals surface area contributed by atoms with Gasteiger partial charge in [-0.05, 0) is 57.0 Å². The molecular weight excluding hydrogens is 523 g/mol. The largest absolute Gasteiger partial charge is 0.466 e.